The number of nitrogens with zero attached hydrogens (tertiary/aromatic N) is 1. The van der Waals surface area contributed by atoms with E-state index in [1.54, 1.807) is 0 Å². The van der Waals surface area contributed by atoms with Crippen molar-refractivity contribution < 1.29 is 20.1 Å². The molecule has 1 radical (unpaired) electrons. The Labute approximate surface area is 114 Å². The van der Waals surface area contributed by atoms with Gasteiger partial charge in [-0.15, -0.1) is 0 Å². The molecule has 0 fully saturated rings. The number of hydrogen-bond acceptors (Lipinski definition) is 1. The molecule has 0 aliphatic heterocycles. The van der Waals surface area contributed by atoms with Crippen LogP contribution in [0.2, 0.25) is 0 Å². The van der Waals surface area contributed by atoms with Crippen molar-refractivity contribution in [2.24, 2.45) is 0 Å². The van der Waals surface area contributed by atoms with Crippen molar-refractivity contribution >= 4 is 10.8 Å². The van der Waals surface area contributed by atoms with Crippen LogP contribution in [-0.4, -0.2) is 4.98 Å². The second-order valence-corrected chi connectivity index (χ2v) is 3.75. The molecule has 0 saturated carbocycles. The fourth-order valence-corrected chi connectivity index (χ4v) is 1.95. The Morgan fingerprint density at radius 3 is 2.24 bits per heavy atom. The van der Waals surface area contributed by atoms with E-state index in [2.05, 4.69) is 41.4 Å². The van der Waals surface area contributed by atoms with Gasteiger partial charge in [-0.25, -0.2) is 0 Å². The summed E-state index contributed by atoms with van der Waals surface area (Å²) in [6, 6.07) is 20.7. The van der Waals surface area contributed by atoms with Gasteiger partial charge < -0.3 is 0 Å². The number of pyridine rings is 1. The number of hydrogen-bond donors (Lipinski definition) is 0. The topological polar surface area (TPSA) is 12.9 Å². The van der Waals surface area contributed by atoms with Gasteiger partial charge in [-0.1, -0.05) is 54.6 Å². The fourth-order valence-electron chi connectivity index (χ4n) is 1.95. The second-order valence-electron chi connectivity index (χ2n) is 3.75. The van der Waals surface area contributed by atoms with Crippen molar-refractivity contribution in [2.75, 3.05) is 0 Å². The maximum Gasteiger partial charge on any atom is 0.0780 e. The van der Waals surface area contributed by atoms with Crippen LogP contribution in [-0.2, 0) is 20.1 Å². The summed E-state index contributed by atoms with van der Waals surface area (Å²) in [5, 5.41) is 2.44. The van der Waals surface area contributed by atoms with Gasteiger partial charge in [0.25, 0.3) is 0 Å². The third-order valence-corrected chi connectivity index (χ3v) is 2.72. The molecular formula is C15H11IrN. The zero-order valence-corrected chi connectivity index (χ0v) is 11.5. The van der Waals surface area contributed by atoms with E-state index < -0.39 is 0 Å². The molecular weight excluding hydrogens is 386 g/mol. The number of aromatic nitrogens is 1. The van der Waals surface area contributed by atoms with Crippen LogP contribution in [0, 0.1) is 0 Å². The van der Waals surface area contributed by atoms with Crippen LogP contribution < -0.4 is 0 Å². The number of benzene rings is 2. The van der Waals surface area contributed by atoms with Crippen LogP contribution in [0.1, 0.15) is 0 Å². The number of fused-ring (bicyclic) bond motifs is 1. The van der Waals surface area contributed by atoms with E-state index >= 15 is 0 Å². The predicted octanol–water partition coefficient (Wildman–Crippen LogP) is 3.90. The Hall–Kier alpha value is -1.50. The molecule has 0 saturated heterocycles. The van der Waals surface area contributed by atoms with Crippen LogP contribution in [0.5, 0.6) is 0 Å². The van der Waals surface area contributed by atoms with Crippen LogP contribution in [0.3, 0.4) is 0 Å². The zero-order chi connectivity index (χ0) is 10.8. The van der Waals surface area contributed by atoms with Gasteiger partial charge >= 0.3 is 0 Å². The van der Waals surface area contributed by atoms with E-state index in [9.17, 15) is 0 Å². The summed E-state index contributed by atoms with van der Waals surface area (Å²) in [4.78, 5) is 4.48. The van der Waals surface area contributed by atoms with E-state index in [1.165, 1.54) is 16.3 Å². The standard InChI is InChI=1S/C15H11N.Ir/c1-2-7-13(8-3-1)15-14-9-5-4-6-12(14)10-11-16-15;/h1-11H;. The molecule has 3 aromatic rings. The van der Waals surface area contributed by atoms with E-state index in [-0.39, 0.29) is 20.1 Å². The van der Waals surface area contributed by atoms with Gasteiger partial charge in [-0.2, -0.15) is 0 Å². The van der Waals surface area contributed by atoms with E-state index in [1.807, 2.05) is 30.5 Å². The Morgan fingerprint density at radius 1 is 0.706 bits per heavy atom. The summed E-state index contributed by atoms with van der Waals surface area (Å²) in [6.07, 6.45) is 1.87. The third-order valence-electron chi connectivity index (χ3n) is 2.72. The molecule has 0 atom stereocenters. The first kappa shape index (κ1) is 12.0. The normalized spacial score (nSPS) is 9.88. The maximum atomic E-state index is 4.48. The van der Waals surface area contributed by atoms with Crippen molar-refractivity contribution in [1.29, 1.82) is 0 Å². The molecule has 1 heterocycles. The maximum absolute atomic E-state index is 4.48. The van der Waals surface area contributed by atoms with Gasteiger partial charge in [0.2, 0.25) is 0 Å². The summed E-state index contributed by atoms with van der Waals surface area (Å²) >= 11 is 0. The van der Waals surface area contributed by atoms with Gasteiger partial charge in [0.15, 0.2) is 0 Å². The smallest absolute Gasteiger partial charge is 0.0780 e. The molecule has 0 N–H and O–H groups in total. The first-order valence-electron chi connectivity index (χ1n) is 5.34. The van der Waals surface area contributed by atoms with Crippen LogP contribution >= 0.6 is 0 Å². The van der Waals surface area contributed by atoms with Gasteiger partial charge in [0, 0.05) is 37.3 Å². The van der Waals surface area contributed by atoms with Crippen molar-refractivity contribution in [3.63, 3.8) is 0 Å². The molecule has 0 unspecified atom stereocenters. The molecule has 85 valence electrons. The number of rotatable bonds is 1. The molecule has 1 nitrogen and oxygen atoms in total. The van der Waals surface area contributed by atoms with E-state index in [0.29, 0.717) is 0 Å². The summed E-state index contributed by atoms with van der Waals surface area (Å²) < 4.78 is 0. The second kappa shape index (κ2) is 5.22. The molecule has 0 amide bonds. The third kappa shape index (κ3) is 2.28. The molecule has 2 aromatic carbocycles. The minimum Gasteiger partial charge on any atom is -0.256 e. The van der Waals surface area contributed by atoms with Crippen LogP contribution in [0.25, 0.3) is 22.0 Å². The monoisotopic (exact) mass is 398 g/mol. The van der Waals surface area contributed by atoms with Gasteiger partial charge in [-0.3, -0.25) is 4.98 Å². The average molecular weight is 397 g/mol. The largest absolute Gasteiger partial charge is 0.256 e. The first-order chi connectivity index (χ1) is 7.95. The van der Waals surface area contributed by atoms with E-state index in [0.717, 1.165) is 5.69 Å². The van der Waals surface area contributed by atoms with Crippen molar-refractivity contribution in [1.82, 2.24) is 4.98 Å². The molecule has 0 aliphatic rings. The first-order valence-corrected chi connectivity index (χ1v) is 5.34. The minimum absolute atomic E-state index is 0. The predicted molar refractivity (Wildman–Crippen MR) is 67.2 cm³/mol. The van der Waals surface area contributed by atoms with E-state index in [4.69, 9.17) is 0 Å². The Morgan fingerprint density at radius 2 is 1.41 bits per heavy atom. The average Bonchev–Trinajstić information content (AvgIpc) is 2.39. The van der Waals surface area contributed by atoms with Gasteiger partial charge in [-0.05, 0) is 11.5 Å². The fraction of sp³-hybridized carbons (Fsp3) is 0. The molecule has 17 heavy (non-hydrogen) atoms. The molecule has 1 aromatic heterocycles. The summed E-state index contributed by atoms with van der Waals surface area (Å²) in [5.41, 5.74) is 2.22. The van der Waals surface area contributed by atoms with Crippen LogP contribution in [0.4, 0.5) is 0 Å². The SMILES string of the molecule is [Ir].c1ccc(-c2nccc3ccccc23)cc1. The summed E-state index contributed by atoms with van der Waals surface area (Å²) in [5.74, 6) is 0. The summed E-state index contributed by atoms with van der Waals surface area (Å²) in [7, 11) is 0. The van der Waals surface area contributed by atoms with Crippen molar-refractivity contribution in [3.8, 4) is 11.3 Å². The minimum atomic E-state index is 0. The van der Waals surface area contributed by atoms with Gasteiger partial charge in [0.1, 0.15) is 0 Å². The molecule has 2 heteroatoms. The van der Waals surface area contributed by atoms with Crippen molar-refractivity contribution in [2.45, 2.75) is 0 Å². The quantitative estimate of drug-likeness (QED) is 0.607. The Kier molecular flexibility index (Phi) is 3.68. The van der Waals surface area contributed by atoms with Crippen molar-refractivity contribution in [3.05, 3.63) is 66.9 Å². The zero-order valence-electron chi connectivity index (χ0n) is 9.13. The molecule has 0 spiro atoms. The van der Waals surface area contributed by atoms with Crippen LogP contribution in [0.15, 0.2) is 66.9 Å². The summed E-state index contributed by atoms with van der Waals surface area (Å²) in [6.45, 7) is 0. The Bertz CT molecular complexity index is 615. The molecule has 0 bridgehead atoms. The molecule has 3 rings (SSSR count). The van der Waals surface area contributed by atoms with Gasteiger partial charge in [0.05, 0.1) is 5.69 Å². The Balaban J connectivity index is 0.00000108. The molecule has 0 aliphatic carbocycles.